The third-order valence-electron chi connectivity index (χ3n) is 2.92. The first kappa shape index (κ1) is 11.5. The monoisotopic (exact) mass is 240 g/mol. The second kappa shape index (κ2) is 4.51. The molecule has 0 spiro atoms. The summed E-state index contributed by atoms with van der Waals surface area (Å²) in [6.45, 7) is 3.37. The van der Waals surface area contributed by atoms with E-state index in [4.69, 9.17) is 0 Å². The maximum absolute atomic E-state index is 11.4. The first-order chi connectivity index (χ1) is 7.57. The molecular weight excluding hydrogens is 224 g/mol. The predicted octanol–water partition coefficient (Wildman–Crippen LogP) is 0.700. The molecule has 5 heteroatoms. The summed E-state index contributed by atoms with van der Waals surface area (Å²) in [6.07, 6.45) is 3.57. The Morgan fingerprint density at radius 1 is 1.56 bits per heavy atom. The van der Waals surface area contributed by atoms with E-state index in [0.717, 1.165) is 12.1 Å². The van der Waals surface area contributed by atoms with Gasteiger partial charge in [-0.05, 0) is 18.6 Å². The highest BCUT2D eigenvalue weighted by atomic mass is 32.2. The van der Waals surface area contributed by atoms with Gasteiger partial charge in [0.25, 0.3) is 0 Å². The summed E-state index contributed by atoms with van der Waals surface area (Å²) in [7, 11) is -2.81. The van der Waals surface area contributed by atoms with Crippen LogP contribution in [-0.2, 0) is 16.4 Å². The lowest BCUT2D eigenvalue weighted by Crippen LogP contribution is -2.46. The van der Waals surface area contributed by atoms with E-state index in [-0.39, 0.29) is 17.5 Å². The Bertz CT molecular complexity index is 444. The fraction of sp³-hybridized carbons (Fsp3) is 0.545. The molecule has 1 aliphatic rings. The number of rotatable bonds is 2. The summed E-state index contributed by atoms with van der Waals surface area (Å²) in [5, 5.41) is 0. The van der Waals surface area contributed by atoms with Crippen LogP contribution in [0.1, 0.15) is 12.5 Å². The van der Waals surface area contributed by atoms with Crippen LogP contribution in [0.4, 0.5) is 0 Å². The molecule has 16 heavy (non-hydrogen) atoms. The molecule has 2 heterocycles. The van der Waals surface area contributed by atoms with Crippen molar-refractivity contribution in [3.8, 4) is 0 Å². The number of hydrogen-bond donors (Lipinski definition) is 0. The van der Waals surface area contributed by atoms with E-state index in [1.165, 1.54) is 0 Å². The van der Waals surface area contributed by atoms with Gasteiger partial charge in [0.1, 0.15) is 0 Å². The van der Waals surface area contributed by atoms with Gasteiger partial charge in [-0.1, -0.05) is 6.07 Å². The first-order valence-corrected chi connectivity index (χ1v) is 7.22. The van der Waals surface area contributed by atoms with Crippen molar-refractivity contribution in [2.24, 2.45) is 0 Å². The largest absolute Gasteiger partial charge is 0.294 e. The number of pyridine rings is 1. The molecule has 0 aromatic carbocycles. The topological polar surface area (TPSA) is 50.3 Å². The first-order valence-electron chi connectivity index (χ1n) is 5.40. The molecule has 1 aromatic heterocycles. The normalized spacial score (nSPS) is 25.4. The number of aromatic nitrogens is 1. The molecule has 0 aliphatic carbocycles. The van der Waals surface area contributed by atoms with Gasteiger partial charge in [-0.3, -0.25) is 9.88 Å². The minimum Gasteiger partial charge on any atom is -0.294 e. The van der Waals surface area contributed by atoms with Crippen LogP contribution in [0.25, 0.3) is 0 Å². The van der Waals surface area contributed by atoms with E-state index in [1.54, 1.807) is 6.20 Å². The van der Waals surface area contributed by atoms with Gasteiger partial charge in [-0.2, -0.15) is 0 Å². The van der Waals surface area contributed by atoms with E-state index in [1.807, 2.05) is 25.3 Å². The fourth-order valence-electron chi connectivity index (χ4n) is 1.99. The number of hydrogen-bond acceptors (Lipinski definition) is 4. The maximum Gasteiger partial charge on any atom is 0.153 e. The van der Waals surface area contributed by atoms with Crippen LogP contribution in [0.5, 0.6) is 0 Å². The van der Waals surface area contributed by atoms with Crippen molar-refractivity contribution >= 4 is 9.84 Å². The smallest absolute Gasteiger partial charge is 0.153 e. The summed E-state index contributed by atoms with van der Waals surface area (Å²) >= 11 is 0. The molecular formula is C11H16N2O2S. The van der Waals surface area contributed by atoms with E-state index >= 15 is 0 Å². The molecule has 2 rings (SSSR count). The summed E-state index contributed by atoms with van der Waals surface area (Å²) in [6, 6.07) is 4.02. The van der Waals surface area contributed by atoms with Crippen LogP contribution >= 0.6 is 0 Å². The van der Waals surface area contributed by atoms with E-state index < -0.39 is 9.84 Å². The zero-order valence-electron chi connectivity index (χ0n) is 9.33. The molecule has 4 nitrogen and oxygen atoms in total. The Morgan fingerprint density at radius 2 is 2.38 bits per heavy atom. The average Bonchev–Trinajstić information content (AvgIpc) is 2.23. The van der Waals surface area contributed by atoms with Gasteiger partial charge < -0.3 is 0 Å². The third-order valence-corrected chi connectivity index (χ3v) is 4.71. The second-order valence-corrected chi connectivity index (χ2v) is 6.52. The fourth-order valence-corrected chi connectivity index (χ4v) is 3.62. The van der Waals surface area contributed by atoms with Gasteiger partial charge in [0.15, 0.2) is 9.84 Å². The summed E-state index contributed by atoms with van der Waals surface area (Å²) in [4.78, 5) is 6.25. The molecule has 88 valence electrons. The Hall–Kier alpha value is -0.940. The molecule has 1 aromatic rings. The Morgan fingerprint density at radius 3 is 3.00 bits per heavy atom. The van der Waals surface area contributed by atoms with E-state index in [9.17, 15) is 8.42 Å². The SMILES string of the molecule is C[C@H]1CS(=O)(=O)CCN1Cc1cccnc1. The van der Waals surface area contributed by atoms with Crippen LogP contribution in [-0.4, -0.2) is 42.4 Å². The van der Waals surface area contributed by atoms with Crippen molar-refractivity contribution in [3.63, 3.8) is 0 Å². The number of nitrogens with zero attached hydrogens (tertiary/aromatic N) is 2. The van der Waals surface area contributed by atoms with Gasteiger partial charge in [0.2, 0.25) is 0 Å². The van der Waals surface area contributed by atoms with Crippen LogP contribution < -0.4 is 0 Å². The molecule has 0 radical (unpaired) electrons. The van der Waals surface area contributed by atoms with Crippen molar-refractivity contribution in [2.75, 3.05) is 18.1 Å². The number of sulfone groups is 1. The average molecular weight is 240 g/mol. The summed E-state index contributed by atoms with van der Waals surface area (Å²) in [5.74, 6) is 0.546. The molecule has 1 atom stereocenters. The van der Waals surface area contributed by atoms with Gasteiger partial charge in [0.05, 0.1) is 11.5 Å². The van der Waals surface area contributed by atoms with Crippen LogP contribution in [0.15, 0.2) is 24.5 Å². The van der Waals surface area contributed by atoms with Gasteiger partial charge >= 0.3 is 0 Å². The van der Waals surface area contributed by atoms with E-state index in [2.05, 4.69) is 9.88 Å². The standard InChI is InChI=1S/C11H16N2O2S/c1-10-9-16(14,15)6-5-13(10)8-11-3-2-4-12-7-11/h2-4,7,10H,5-6,8-9H2,1H3/t10-/m0/s1. The molecule has 1 fully saturated rings. The molecule has 0 bridgehead atoms. The molecule has 1 saturated heterocycles. The van der Waals surface area contributed by atoms with Crippen molar-refractivity contribution in [2.45, 2.75) is 19.5 Å². The zero-order valence-corrected chi connectivity index (χ0v) is 10.2. The Labute approximate surface area is 96.2 Å². The van der Waals surface area contributed by atoms with E-state index in [0.29, 0.717) is 6.54 Å². The Kier molecular flexibility index (Phi) is 3.25. The van der Waals surface area contributed by atoms with Gasteiger partial charge in [0, 0.05) is 31.5 Å². The molecule has 0 amide bonds. The zero-order chi connectivity index (χ0) is 11.6. The van der Waals surface area contributed by atoms with Crippen LogP contribution in [0.2, 0.25) is 0 Å². The Balaban J connectivity index is 2.02. The second-order valence-electron chi connectivity index (χ2n) is 4.30. The lowest BCUT2D eigenvalue weighted by atomic mass is 10.2. The molecule has 0 saturated carbocycles. The third kappa shape index (κ3) is 2.80. The highest BCUT2D eigenvalue weighted by Crippen LogP contribution is 2.14. The minimum atomic E-state index is -2.81. The lowest BCUT2D eigenvalue weighted by Gasteiger charge is -2.32. The molecule has 0 N–H and O–H groups in total. The summed E-state index contributed by atoms with van der Waals surface area (Å²) < 4.78 is 22.8. The predicted molar refractivity (Wildman–Crippen MR) is 62.8 cm³/mol. The van der Waals surface area contributed by atoms with Crippen molar-refractivity contribution < 1.29 is 8.42 Å². The lowest BCUT2D eigenvalue weighted by molar-refractivity contribution is 0.218. The van der Waals surface area contributed by atoms with Crippen molar-refractivity contribution in [3.05, 3.63) is 30.1 Å². The summed E-state index contributed by atoms with van der Waals surface area (Å²) in [5.41, 5.74) is 1.13. The molecule has 0 unspecified atom stereocenters. The van der Waals surface area contributed by atoms with Gasteiger partial charge in [-0.15, -0.1) is 0 Å². The highest BCUT2D eigenvalue weighted by molar-refractivity contribution is 7.91. The minimum absolute atomic E-state index is 0.0963. The van der Waals surface area contributed by atoms with Crippen LogP contribution in [0.3, 0.4) is 0 Å². The van der Waals surface area contributed by atoms with Crippen LogP contribution in [0, 0.1) is 0 Å². The maximum atomic E-state index is 11.4. The quantitative estimate of drug-likeness (QED) is 0.763. The highest BCUT2D eigenvalue weighted by Gasteiger charge is 2.27. The van der Waals surface area contributed by atoms with Crippen molar-refractivity contribution in [1.82, 2.24) is 9.88 Å². The molecule has 1 aliphatic heterocycles. The van der Waals surface area contributed by atoms with Crippen molar-refractivity contribution in [1.29, 1.82) is 0 Å². The van der Waals surface area contributed by atoms with Gasteiger partial charge in [-0.25, -0.2) is 8.42 Å².